The maximum Gasteiger partial charge on any atom is 0.337 e. The number of amides is 3. The number of carbonyl (C=O) groups is 3. The summed E-state index contributed by atoms with van der Waals surface area (Å²) in [5.74, 6) is -0.495. The first-order valence-electron chi connectivity index (χ1n) is 12.7. The van der Waals surface area contributed by atoms with Gasteiger partial charge >= 0.3 is 12.0 Å². The van der Waals surface area contributed by atoms with Crippen molar-refractivity contribution in [3.05, 3.63) is 86.3 Å². The van der Waals surface area contributed by atoms with Gasteiger partial charge < -0.3 is 29.4 Å². The van der Waals surface area contributed by atoms with Gasteiger partial charge in [0.1, 0.15) is 0 Å². The second-order valence-electron chi connectivity index (χ2n) is 9.31. The first-order chi connectivity index (χ1) is 20.0. The Morgan fingerprint density at radius 1 is 1.05 bits per heavy atom. The van der Waals surface area contributed by atoms with Gasteiger partial charge in [-0.2, -0.15) is 5.10 Å². The van der Waals surface area contributed by atoms with Crippen molar-refractivity contribution in [1.82, 2.24) is 20.6 Å². The smallest absolute Gasteiger partial charge is 0.337 e. The SMILES string of the molecule is COC(=O)C1=C(C)NC(=O)N[C@H]1c1ccc(OCC(=O)N/N=C\c2cc(C)n(-c3ccc(Cl)c(Cl)c3)c2C)c(OC)c1. The number of hydrogen-bond donors (Lipinski definition) is 3. The minimum Gasteiger partial charge on any atom is -0.493 e. The number of rotatable bonds is 9. The maximum atomic E-state index is 12.5. The van der Waals surface area contributed by atoms with E-state index in [2.05, 4.69) is 21.2 Å². The number of hydrogen-bond acceptors (Lipinski definition) is 7. The highest BCUT2D eigenvalue weighted by Gasteiger charge is 2.32. The quantitative estimate of drug-likeness (QED) is 0.181. The molecule has 0 radical (unpaired) electrons. The molecule has 2 heterocycles. The Bertz CT molecular complexity index is 1610. The van der Waals surface area contributed by atoms with E-state index in [9.17, 15) is 14.4 Å². The zero-order chi connectivity index (χ0) is 30.6. The summed E-state index contributed by atoms with van der Waals surface area (Å²) in [6.45, 7) is 5.15. The highest BCUT2D eigenvalue weighted by Crippen LogP contribution is 2.34. The maximum absolute atomic E-state index is 12.5. The third kappa shape index (κ3) is 6.53. The Balaban J connectivity index is 1.42. The van der Waals surface area contributed by atoms with Crippen molar-refractivity contribution in [2.24, 2.45) is 5.10 Å². The van der Waals surface area contributed by atoms with Crippen molar-refractivity contribution in [3.8, 4) is 17.2 Å². The second kappa shape index (κ2) is 13.0. The first-order valence-corrected chi connectivity index (χ1v) is 13.4. The van der Waals surface area contributed by atoms with Crippen molar-refractivity contribution in [2.45, 2.75) is 26.8 Å². The van der Waals surface area contributed by atoms with Gasteiger partial charge in [0.25, 0.3) is 5.91 Å². The number of carbonyl (C=O) groups excluding carboxylic acids is 3. The molecule has 0 aliphatic carbocycles. The summed E-state index contributed by atoms with van der Waals surface area (Å²) in [7, 11) is 2.70. The number of nitrogens with zero attached hydrogens (tertiary/aromatic N) is 2. The van der Waals surface area contributed by atoms with Gasteiger partial charge in [0.2, 0.25) is 0 Å². The van der Waals surface area contributed by atoms with E-state index in [1.807, 2.05) is 30.5 Å². The molecule has 0 unspecified atom stereocenters. The molecule has 1 aliphatic heterocycles. The van der Waals surface area contributed by atoms with Crippen LogP contribution in [0.4, 0.5) is 4.79 Å². The number of esters is 1. The van der Waals surface area contributed by atoms with Crippen LogP contribution in [0.1, 0.15) is 35.5 Å². The predicted octanol–water partition coefficient (Wildman–Crippen LogP) is 4.74. The van der Waals surface area contributed by atoms with Crippen LogP contribution in [-0.2, 0) is 14.3 Å². The fourth-order valence-electron chi connectivity index (χ4n) is 4.60. The molecule has 1 atom stereocenters. The molecule has 220 valence electrons. The zero-order valence-electron chi connectivity index (χ0n) is 23.5. The summed E-state index contributed by atoms with van der Waals surface area (Å²) in [5, 5.41) is 10.3. The highest BCUT2D eigenvalue weighted by atomic mass is 35.5. The summed E-state index contributed by atoms with van der Waals surface area (Å²) in [5.41, 5.74) is 7.15. The van der Waals surface area contributed by atoms with Crippen LogP contribution in [0.5, 0.6) is 11.5 Å². The molecule has 11 nitrogen and oxygen atoms in total. The topological polar surface area (TPSA) is 132 Å². The van der Waals surface area contributed by atoms with Crippen molar-refractivity contribution in [2.75, 3.05) is 20.8 Å². The van der Waals surface area contributed by atoms with Gasteiger partial charge in [-0.15, -0.1) is 0 Å². The molecular formula is C29H29Cl2N5O6. The standard InChI is InChI=1S/C29H29Cl2N5O6/c1-15-10-19(17(3)36(15)20-7-8-21(30)22(31)12-20)13-32-35-25(37)14-42-23-9-6-18(11-24(23)40-4)27-26(28(38)41-5)16(2)33-29(39)34-27/h6-13,27H,14H2,1-5H3,(H,35,37)(H2,33,34,39)/b32-13-/t27-/m0/s1. The predicted molar refractivity (Wildman–Crippen MR) is 159 cm³/mol. The van der Waals surface area contributed by atoms with E-state index in [-0.39, 0.29) is 17.9 Å². The molecule has 1 aromatic heterocycles. The minimum atomic E-state index is -0.773. The van der Waals surface area contributed by atoms with Gasteiger partial charge in [0.05, 0.1) is 42.1 Å². The number of methoxy groups -OCH3 is 2. The Hall–Kier alpha value is -4.48. The minimum absolute atomic E-state index is 0.253. The number of ether oxygens (including phenoxy) is 3. The van der Waals surface area contributed by atoms with E-state index >= 15 is 0 Å². The molecule has 0 spiro atoms. The normalized spacial score (nSPS) is 14.8. The lowest BCUT2D eigenvalue weighted by atomic mass is 9.95. The van der Waals surface area contributed by atoms with Gasteiger partial charge in [-0.25, -0.2) is 15.0 Å². The lowest BCUT2D eigenvalue weighted by molar-refractivity contribution is -0.136. The van der Waals surface area contributed by atoms with Crippen LogP contribution in [-0.4, -0.2) is 49.5 Å². The molecule has 0 bridgehead atoms. The van der Waals surface area contributed by atoms with Gasteiger partial charge in [-0.05, 0) is 62.7 Å². The van der Waals surface area contributed by atoms with Gasteiger partial charge in [0, 0.05) is 28.3 Å². The molecule has 13 heteroatoms. The summed E-state index contributed by atoms with van der Waals surface area (Å²) in [6.07, 6.45) is 1.55. The summed E-state index contributed by atoms with van der Waals surface area (Å²) in [4.78, 5) is 36.9. The monoisotopic (exact) mass is 613 g/mol. The van der Waals surface area contributed by atoms with Crippen LogP contribution in [0.25, 0.3) is 5.69 Å². The number of aromatic nitrogens is 1. The number of aryl methyl sites for hydroxylation is 1. The average Bonchev–Trinajstić information content (AvgIpc) is 3.24. The Labute approximate surface area is 252 Å². The molecule has 0 saturated heterocycles. The summed E-state index contributed by atoms with van der Waals surface area (Å²) < 4.78 is 18.0. The Morgan fingerprint density at radius 3 is 2.50 bits per heavy atom. The van der Waals surface area contributed by atoms with E-state index in [1.165, 1.54) is 14.2 Å². The fraction of sp³-hybridized carbons (Fsp3) is 0.241. The van der Waals surface area contributed by atoms with E-state index in [0.717, 1.165) is 22.6 Å². The van der Waals surface area contributed by atoms with Crippen LogP contribution in [0.2, 0.25) is 10.0 Å². The van der Waals surface area contributed by atoms with Crippen molar-refractivity contribution >= 4 is 47.3 Å². The average molecular weight is 614 g/mol. The lowest BCUT2D eigenvalue weighted by Gasteiger charge is -2.28. The summed E-state index contributed by atoms with van der Waals surface area (Å²) in [6, 6.07) is 10.9. The third-order valence-corrected chi connectivity index (χ3v) is 7.32. The number of halogens is 2. The molecular weight excluding hydrogens is 585 g/mol. The zero-order valence-corrected chi connectivity index (χ0v) is 25.0. The van der Waals surface area contributed by atoms with E-state index in [4.69, 9.17) is 37.4 Å². The second-order valence-corrected chi connectivity index (χ2v) is 10.1. The van der Waals surface area contributed by atoms with Crippen LogP contribution >= 0.6 is 23.2 Å². The molecule has 0 fully saturated rings. The van der Waals surface area contributed by atoms with Crippen LogP contribution < -0.4 is 25.5 Å². The van der Waals surface area contributed by atoms with Crippen LogP contribution in [0.15, 0.2) is 58.8 Å². The number of hydrazone groups is 1. The molecule has 3 aromatic rings. The molecule has 2 aromatic carbocycles. The third-order valence-electron chi connectivity index (χ3n) is 6.58. The number of nitrogens with one attached hydrogen (secondary N) is 3. The molecule has 42 heavy (non-hydrogen) atoms. The number of urea groups is 1. The molecule has 0 saturated carbocycles. The van der Waals surface area contributed by atoms with Gasteiger partial charge in [0.15, 0.2) is 18.1 Å². The number of benzene rings is 2. The Kier molecular flexibility index (Phi) is 9.44. The van der Waals surface area contributed by atoms with Crippen molar-refractivity contribution in [1.29, 1.82) is 0 Å². The molecule has 3 amide bonds. The van der Waals surface area contributed by atoms with E-state index in [1.54, 1.807) is 43.5 Å². The summed E-state index contributed by atoms with van der Waals surface area (Å²) >= 11 is 12.2. The van der Waals surface area contributed by atoms with Crippen molar-refractivity contribution < 1.29 is 28.6 Å². The van der Waals surface area contributed by atoms with Crippen molar-refractivity contribution in [3.63, 3.8) is 0 Å². The van der Waals surface area contributed by atoms with E-state index < -0.39 is 23.9 Å². The molecule has 4 rings (SSSR count). The lowest BCUT2D eigenvalue weighted by Crippen LogP contribution is -2.45. The van der Waals surface area contributed by atoms with Crippen LogP contribution in [0.3, 0.4) is 0 Å². The van der Waals surface area contributed by atoms with E-state index in [0.29, 0.717) is 27.1 Å². The highest BCUT2D eigenvalue weighted by molar-refractivity contribution is 6.42. The largest absolute Gasteiger partial charge is 0.493 e. The fourth-order valence-corrected chi connectivity index (χ4v) is 4.89. The Morgan fingerprint density at radius 2 is 1.81 bits per heavy atom. The first kappa shape index (κ1) is 30.5. The molecule has 1 aliphatic rings. The van der Waals surface area contributed by atoms with Gasteiger partial charge in [-0.3, -0.25) is 4.79 Å². The number of allylic oxidation sites excluding steroid dienone is 1. The molecule has 3 N–H and O–H groups in total. The van der Waals surface area contributed by atoms with Gasteiger partial charge in [-0.1, -0.05) is 29.3 Å². The van der Waals surface area contributed by atoms with Crippen LogP contribution in [0, 0.1) is 13.8 Å².